The third-order valence-corrected chi connectivity index (χ3v) is 9.93. The molecule has 2 aromatic heterocycles. The van der Waals surface area contributed by atoms with Crippen LogP contribution in [0.25, 0.3) is 10.6 Å². The molecule has 3 aromatic rings. The second kappa shape index (κ2) is 12.6. The van der Waals surface area contributed by atoms with E-state index in [-0.39, 0.29) is 66.5 Å². The Morgan fingerprint density at radius 1 is 1.11 bits per heavy atom. The fourth-order valence-corrected chi connectivity index (χ4v) is 7.30. The van der Waals surface area contributed by atoms with Crippen molar-refractivity contribution in [3.8, 4) is 16.3 Å². The fraction of sp³-hybridized carbons (Fsp3) is 0.400. The van der Waals surface area contributed by atoms with Gasteiger partial charge in [-0.2, -0.15) is 0 Å². The first-order chi connectivity index (χ1) is 22.4. The van der Waals surface area contributed by atoms with E-state index in [2.05, 4.69) is 4.98 Å². The number of amides is 3. The van der Waals surface area contributed by atoms with E-state index in [1.165, 1.54) is 28.4 Å². The lowest BCUT2D eigenvalue weighted by Gasteiger charge is -2.46. The standard InChI is InChI=1S/C35H36F2N4O5S/c1-5-6-13-46-30-28-34(45)39(20(2)3)18-35(4,19-40-32(43)24-9-7-8-10-25(24)33(40)44)41(28)17-26(29(30)42)31-38-16-23(47-31)14-21-11-12-22(36)15-27(21)37/h7,9,11-12,15-17,20H,5-6,8,10,13-14,18-19H2,1-4H3. The van der Waals surface area contributed by atoms with E-state index < -0.39 is 28.5 Å². The number of aromatic nitrogens is 2. The summed E-state index contributed by atoms with van der Waals surface area (Å²) in [6.45, 7) is 7.91. The zero-order valence-electron chi connectivity index (χ0n) is 26.8. The van der Waals surface area contributed by atoms with E-state index in [1.54, 1.807) is 27.9 Å². The summed E-state index contributed by atoms with van der Waals surface area (Å²) in [5.41, 5.74) is -0.157. The average molecular weight is 663 g/mol. The van der Waals surface area contributed by atoms with E-state index in [0.717, 1.165) is 12.5 Å². The summed E-state index contributed by atoms with van der Waals surface area (Å²) in [6, 6.07) is 3.13. The largest absolute Gasteiger partial charge is 0.487 e. The van der Waals surface area contributed by atoms with Gasteiger partial charge < -0.3 is 14.2 Å². The number of unbranched alkanes of at least 4 members (excludes halogenated alkanes) is 1. The van der Waals surface area contributed by atoms with Crippen molar-refractivity contribution in [2.24, 2.45) is 0 Å². The maximum absolute atomic E-state index is 14.4. The van der Waals surface area contributed by atoms with Gasteiger partial charge in [0.15, 0.2) is 11.4 Å². The van der Waals surface area contributed by atoms with Crippen LogP contribution in [-0.2, 0) is 21.5 Å². The number of carbonyl (C=O) groups excluding carboxylic acids is 3. The minimum absolute atomic E-state index is 0.0430. The van der Waals surface area contributed by atoms with E-state index in [1.807, 2.05) is 33.8 Å². The minimum atomic E-state index is -1.04. The molecule has 0 radical (unpaired) electrons. The highest BCUT2D eigenvalue weighted by atomic mass is 32.1. The molecule has 0 spiro atoms. The Morgan fingerprint density at radius 2 is 1.89 bits per heavy atom. The summed E-state index contributed by atoms with van der Waals surface area (Å²) >= 11 is 1.18. The molecule has 3 amide bonds. The number of fused-ring (bicyclic) bond motifs is 1. The van der Waals surface area contributed by atoms with Gasteiger partial charge in [-0.15, -0.1) is 11.3 Å². The molecule has 1 unspecified atom stereocenters. The molecule has 3 aliphatic rings. The Hall–Kier alpha value is -4.45. The first kappa shape index (κ1) is 32.5. The number of nitrogens with zero attached hydrogens (tertiary/aromatic N) is 4. The van der Waals surface area contributed by atoms with Crippen LogP contribution in [0.3, 0.4) is 0 Å². The number of benzene rings is 1. The van der Waals surface area contributed by atoms with E-state index in [0.29, 0.717) is 40.3 Å². The van der Waals surface area contributed by atoms with Crippen LogP contribution < -0.4 is 10.2 Å². The summed E-state index contributed by atoms with van der Waals surface area (Å²) < 4.78 is 35.7. The molecule has 2 aliphatic heterocycles. The maximum Gasteiger partial charge on any atom is 0.274 e. The molecule has 9 nitrogen and oxygen atoms in total. The van der Waals surface area contributed by atoms with Gasteiger partial charge >= 0.3 is 0 Å². The first-order valence-electron chi connectivity index (χ1n) is 15.8. The van der Waals surface area contributed by atoms with Crippen molar-refractivity contribution in [3.63, 3.8) is 0 Å². The molecule has 47 heavy (non-hydrogen) atoms. The second-order valence-corrected chi connectivity index (χ2v) is 13.8. The fourth-order valence-electron chi connectivity index (χ4n) is 6.35. The Morgan fingerprint density at radius 3 is 2.60 bits per heavy atom. The third-order valence-electron chi connectivity index (χ3n) is 8.90. The summed E-state index contributed by atoms with van der Waals surface area (Å²) in [5.74, 6) is -2.58. The van der Waals surface area contributed by atoms with Gasteiger partial charge in [0.05, 0.1) is 24.3 Å². The molecule has 12 heteroatoms. The quantitative estimate of drug-likeness (QED) is 0.207. The lowest BCUT2D eigenvalue weighted by atomic mass is 9.93. The SMILES string of the molecule is CCCCOc1c2n(cc(-c3ncc(Cc4ccc(F)cc4F)s3)c1=O)C(C)(CN1C(=O)C3=C(CCC=C3)C1=O)CN(C(C)C)C2=O. The number of imide groups is 1. The highest BCUT2D eigenvalue weighted by Gasteiger charge is 2.48. The summed E-state index contributed by atoms with van der Waals surface area (Å²) in [5, 5.41) is 0.333. The Labute approximate surface area is 275 Å². The number of carbonyl (C=O) groups is 3. The molecule has 0 saturated carbocycles. The van der Waals surface area contributed by atoms with Crippen LogP contribution in [-0.4, -0.2) is 62.8 Å². The van der Waals surface area contributed by atoms with Crippen LogP contribution in [0.2, 0.25) is 0 Å². The van der Waals surface area contributed by atoms with Crippen molar-refractivity contribution in [2.45, 2.75) is 71.4 Å². The predicted octanol–water partition coefficient (Wildman–Crippen LogP) is 5.61. The van der Waals surface area contributed by atoms with E-state index >= 15 is 0 Å². The molecule has 1 aromatic carbocycles. The molecule has 6 rings (SSSR count). The van der Waals surface area contributed by atoms with Crippen molar-refractivity contribution in [3.05, 3.63) is 91.9 Å². The number of halogens is 2. The van der Waals surface area contributed by atoms with Crippen molar-refractivity contribution in [1.29, 1.82) is 0 Å². The van der Waals surface area contributed by atoms with E-state index in [4.69, 9.17) is 4.74 Å². The lowest BCUT2D eigenvalue weighted by molar-refractivity contribution is -0.139. The Kier molecular flexibility index (Phi) is 8.73. The average Bonchev–Trinajstić information content (AvgIpc) is 3.59. The molecule has 0 saturated heterocycles. The molecule has 1 atom stereocenters. The summed E-state index contributed by atoms with van der Waals surface area (Å²) in [6.07, 6.45) is 9.44. The molecule has 4 heterocycles. The normalized spacial score (nSPS) is 19.3. The topological polar surface area (TPSA) is 102 Å². The van der Waals surface area contributed by atoms with Crippen molar-refractivity contribution in [2.75, 3.05) is 19.7 Å². The van der Waals surface area contributed by atoms with Crippen LogP contribution in [0.15, 0.2) is 58.7 Å². The van der Waals surface area contributed by atoms with Crippen molar-refractivity contribution < 1.29 is 27.9 Å². The van der Waals surface area contributed by atoms with Gasteiger partial charge in [-0.1, -0.05) is 31.6 Å². The van der Waals surface area contributed by atoms with Crippen molar-refractivity contribution >= 4 is 29.1 Å². The summed E-state index contributed by atoms with van der Waals surface area (Å²) in [7, 11) is 0. The number of hydrogen-bond donors (Lipinski definition) is 0. The van der Waals surface area contributed by atoms with Crippen LogP contribution in [0, 0.1) is 11.6 Å². The van der Waals surface area contributed by atoms with Gasteiger partial charge in [-0.3, -0.25) is 24.1 Å². The zero-order valence-corrected chi connectivity index (χ0v) is 27.6. The number of ether oxygens (including phenoxy) is 1. The molecular weight excluding hydrogens is 626 g/mol. The predicted molar refractivity (Wildman–Crippen MR) is 173 cm³/mol. The van der Waals surface area contributed by atoms with Gasteiger partial charge in [-0.05, 0) is 51.7 Å². The maximum atomic E-state index is 14.4. The molecule has 1 aliphatic carbocycles. The Bertz CT molecular complexity index is 1910. The number of thiazole rings is 1. The van der Waals surface area contributed by atoms with Crippen LogP contribution in [0.5, 0.6) is 5.75 Å². The number of allylic oxidation sites excluding steroid dienone is 1. The van der Waals surface area contributed by atoms with Gasteiger partial charge in [-0.25, -0.2) is 13.8 Å². The van der Waals surface area contributed by atoms with Crippen LogP contribution in [0.4, 0.5) is 8.78 Å². The van der Waals surface area contributed by atoms with E-state index in [9.17, 15) is 28.0 Å². The number of rotatable bonds is 10. The van der Waals surface area contributed by atoms with Gasteiger partial charge in [0.2, 0.25) is 5.43 Å². The smallest absolute Gasteiger partial charge is 0.274 e. The number of hydrogen-bond acceptors (Lipinski definition) is 7. The number of pyridine rings is 1. The zero-order chi connectivity index (χ0) is 33.6. The third kappa shape index (κ3) is 5.83. The highest BCUT2D eigenvalue weighted by Crippen LogP contribution is 2.38. The van der Waals surface area contributed by atoms with Gasteiger partial charge in [0, 0.05) is 53.5 Å². The monoisotopic (exact) mass is 662 g/mol. The van der Waals surface area contributed by atoms with Crippen LogP contribution in [0.1, 0.15) is 74.3 Å². The lowest BCUT2D eigenvalue weighted by Crippen LogP contribution is -2.60. The molecule has 0 bridgehead atoms. The highest BCUT2D eigenvalue weighted by molar-refractivity contribution is 7.15. The second-order valence-electron chi connectivity index (χ2n) is 12.7. The van der Waals surface area contributed by atoms with Crippen LogP contribution >= 0.6 is 11.3 Å². The molecular formula is C35H36F2N4O5S. The Balaban J connectivity index is 1.47. The first-order valence-corrected chi connectivity index (χ1v) is 16.6. The van der Waals surface area contributed by atoms with Crippen molar-refractivity contribution in [1.82, 2.24) is 19.4 Å². The van der Waals surface area contributed by atoms with Gasteiger partial charge in [0.1, 0.15) is 16.6 Å². The minimum Gasteiger partial charge on any atom is -0.487 e. The van der Waals surface area contributed by atoms with Gasteiger partial charge in [0.25, 0.3) is 17.7 Å². The summed E-state index contributed by atoms with van der Waals surface area (Å²) in [4.78, 5) is 63.3. The molecule has 246 valence electrons. The molecule has 0 N–H and O–H groups in total. The molecule has 0 fully saturated rings.